The van der Waals surface area contributed by atoms with Gasteiger partial charge in [0.05, 0.1) is 18.5 Å². The molecule has 1 aromatic carbocycles. The molecule has 10 heteroatoms. The second-order valence-corrected chi connectivity index (χ2v) is 8.26. The Balaban J connectivity index is 1.57. The van der Waals surface area contributed by atoms with Crippen molar-refractivity contribution in [1.29, 1.82) is 5.26 Å². The summed E-state index contributed by atoms with van der Waals surface area (Å²) < 4.78 is 0. The van der Waals surface area contributed by atoms with Crippen molar-refractivity contribution in [1.82, 2.24) is 14.8 Å². The van der Waals surface area contributed by atoms with E-state index in [1.54, 1.807) is 24.3 Å². The van der Waals surface area contributed by atoms with Gasteiger partial charge in [0.25, 0.3) is 5.91 Å². The fourth-order valence-corrected chi connectivity index (χ4v) is 3.78. The molecule has 2 atom stereocenters. The lowest BCUT2D eigenvalue weighted by molar-refractivity contribution is -0.137. The summed E-state index contributed by atoms with van der Waals surface area (Å²) in [6.45, 7) is -0.145. The van der Waals surface area contributed by atoms with Gasteiger partial charge >= 0.3 is 0 Å². The molecular formula is C22H29N7O3. The molecule has 0 bridgehead atoms. The first-order chi connectivity index (χ1) is 15.3. The zero-order valence-corrected chi connectivity index (χ0v) is 18.1. The Morgan fingerprint density at radius 3 is 2.56 bits per heavy atom. The number of rotatable bonds is 7. The van der Waals surface area contributed by atoms with Crippen LogP contribution in [0.25, 0.3) is 0 Å². The van der Waals surface area contributed by atoms with Crippen LogP contribution in [-0.4, -0.2) is 64.8 Å². The quantitative estimate of drug-likeness (QED) is 0.315. The van der Waals surface area contributed by atoms with Crippen molar-refractivity contribution in [3.63, 3.8) is 0 Å². The fraction of sp³-hybridized carbons (Fsp3) is 0.455. The molecule has 1 aliphatic heterocycles. The van der Waals surface area contributed by atoms with Crippen molar-refractivity contribution < 1.29 is 14.4 Å². The number of hydrogen-bond donors (Lipinski definition) is 3. The van der Waals surface area contributed by atoms with Crippen LogP contribution in [0, 0.1) is 17.2 Å². The van der Waals surface area contributed by atoms with Crippen LogP contribution in [0.15, 0.2) is 42.2 Å². The van der Waals surface area contributed by atoms with Gasteiger partial charge in [-0.1, -0.05) is 18.2 Å². The number of nitrogens with one attached hydrogen (secondary N) is 1. The summed E-state index contributed by atoms with van der Waals surface area (Å²) >= 11 is 0. The highest BCUT2D eigenvalue weighted by Gasteiger charge is 2.39. The number of likely N-dealkylation sites (N-methyl/N-ethyl adjacent to an activating group) is 1. The number of likely N-dealkylation sites (tertiary alicyclic amines) is 1. The van der Waals surface area contributed by atoms with E-state index in [0.717, 1.165) is 19.3 Å². The molecule has 1 saturated heterocycles. The first-order valence-corrected chi connectivity index (χ1v) is 10.6. The molecule has 0 radical (unpaired) electrons. The summed E-state index contributed by atoms with van der Waals surface area (Å²) in [6.07, 6.45) is 4.63. The summed E-state index contributed by atoms with van der Waals surface area (Å²) in [7, 11) is 1.46. The Morgan fingerprint density at radius 2 is 1.97 bits per heavy atom. The summed E-state index contributed by atoms with van der Waals surface area (Å²) in [6, 6.07) is 10.5. The van der Waals surface area contributed by atoms with Gasteiger partial charge in [0.2, 0.25) is 11.8 Å². The number of nitriles is 1. The summed E-state index contributed by atoms with van der Waals surface area (Å²) in [5, 5.41) is 13.7. The molecule has 1 aromatic rings. The third-order valence-corrected chi connectivity index (χ3v) is 5.93. The van der Waals surface area contributed by atoms with Gasteiger partial charge in [-0.2, -0.15) is 5.26 Å². The molecule has 1 saturated carbocycles. The number of para-hydroxylation sites is 1. The Labute approximate surface area is 187 Å². The highest BCUT2D eigenvalue weighted by atomic mass is 16.2. The second kappa shape index (κ2) is 10.2. The van der Waals surface area contributed by atoms with Gasteiger partial charge in [0.1, 0.15) is 11.7 Å². The number of benzene rings is 1. The van der Waals surface area contributed by atoms with Crippen LogP contribution in [0.1, 0.15) is 25.7 Å². The zero-order chi connectivity index (χ0) is 23.3. The molecule has 10 nitrogen and oxygen atoms in total. The maximum absolute atomic E-state index is 12.8. The molecule has 2 fully saturated rings. The number of anilines is 1. The highest BCUT2D eigenvalue weighted by molar-refractivity contribution is 5.96. The van der Waals surface area contributed by atoms with Crippen LogP contribution in [0.5, 0.6) is 0 Å². The topological polar surface area (TPSA) is 149 Å². The minimum absolute atomic E-state index is 0.0620. The first kappa shape index (κ1) is 23.1. The zero-order valence-electron chi connectivity index (χ0n) is 18.1. The number of carbonyl (C=O) groups excluding carboxylic acids is 3. The molecule has 0 spiro atoms. The van der Waals surface area contributed by atoms with E-state index in [9.17, 15) is 19.6 Å². The van der Waals surface area contributed by atoms with Crippen molar-refractivity contribution >= 4 is 23.4 Å². The van der Waals surface area contributed by atoms with Gasteiger partial charge in [-0.25, -0.2) is 5.84 Å². The Morgan fingerprint density at radius 1 is 1.28 bits per heavy atom. The average molecular weight is 440 g/mol. The van der Waals surface area contributed by atoms with Crippen LogP contribution < -0.4 is 16.9 Å². The maximum atomic E-state index is 12.8. The molecule has 0 aromatic heterocycles. The Kier molecular flexibility index (Phi) is 7.33. The van der Waals surface area contributed by atoms with Crippen LogP contribution in [-0.2, 0) is 14.4 Å². The molecule has 1 aliphatic carbocycles. The van der Waals surface area contributed by atoms with E-state index >= 15 is 0 Å². The highest BCUT2D eigenvalue weighted by Crippen LogP contribution is 2.25. The Bertz CT molecular complexity index is 923. The lowest BCUT2D eigenvalue weighted by atomic mass is 9.93. The monoisotopic (exact) mass is 439 g/mol. The lowest BCUT2D eigenvalue weighted by Gasteiger charge is -2.33. The van der Waals surface area contributed by atoms with Crippen molar-refractivity contribution in [3.8, 4) is 6.07 Å². The fourth-order valence-electron chi connectivity index (χ4n) is 3.78. The number of hydrogen-bond acceptors (Lipinski definition) is 7. The van der Waals surface area contributed by atoms with Gasteiger partial charge in [-0.05, 0) is 37.8 Å². The molecule has 2 aliphatic rings. The van der Waals surface area contributed by atoms with Crippen LogP contribution in [0.3, 0.4) is 0 Å². The SMILES string of the molecule is CN(CC(=O)N1CC(C(=O)Nc2ccccc2)CC1C#N)C(=O)/C(N)=C/N(N)C1CCC1. The minimum Gasteiger partial charge on any atom is -0.393 e. The number of nitrogens with two attached hydrogens (primary N) is 2. The maximum Gasteiger partial charge on any atom is 0.271 e. The number of amides is 3. The van der Waals surface area contributed by atoms with Crippen LogP contribution >= 0.6 is 0 Å². The third-order valence-electron chi connectivity index (χ3n) is 5.93. The largest absolute Gasteiger partial charge is 0.393 e. The van der Waals surface area contributed by atoms with E-state index in [4.69, 9.17) is 11.6 Å². The van der Waals surface area contributed by atoms with E-state index in [2.05, 4.69) is 11.4 Å². The normalized spacial score (nSPS) is 20.8. The standard InChI is InChI=1S/C22H29N7O3/c1-27(22(32)19(24)13-29(25)17-8-5-9-17)14-20(30)28-12-15(10-18(28)11-23)21(31)26-16-6-3-2-4-7-16/h2-4,6-7,13,15,17-18H,5,8-10,12,14,24-25H2,1H3,(H,26,31)/b19-13-. The van der Waals surface area contributed by atoms with Gasteiger partial charge in [0.15, 0.2) is 0 Å². The van der Waals surface area contributed by atoms with Crippen molar-refractivity contribution in [2.75, 3.05) is 25.5 Å². The predicted molar refractivity (Wildman–Crippen MR) is 118 cm³/mol. The van der Waals surface area contributed by atoms with E-state index in [-0.39, 0.29) is 37.2 Å². The van der Waals surface area contributed by atoms with Crippen molar-refractivity contribution in [3.05, 3.63) is 42.2 Å². The van der Waals surface area contributed by atoms with E-state index in [1.165, 1.54) is 28.1 Å². The van der Waals surface area contributed by atoms with E-state index < -0.39 is 23.8 Å². The average Bonchev–Trinajstić information content (AvgIpc) is 3.17. The molecule has 3 amide bonds. The molecule has 2 unspecified atom stereocenters. The summed E-state index contributed by atoms with van der Waals surface area (Å²) in [5.74, 6) is 4.21. The molecule has 5 N–H and O–H groups in total. The third kappa shape index (κ3) is 5.36. The molecular weight excluding hydrogens is 410 g/mol. The first-order valence-electron chi connectivity index (χ1n) is 10.6. The van der Waals surface area contributed by atoms with Gasteiger partial charge in [0, 0.05) is 31.5 Å². The van der Waals surface area contributed by atoms with Crippen LogP contribution in [0.2, 0.25) is 0 Å². The predicted octanol–water partition coefficient (Wildman–Crippen LogP) is 0.352. The minimum atomic E-state index is -0.733. The van der Waals surface area contributed by atoms with Gasteiger partial charge < -0.3 is 25.9 Å². The molecule has 170 valence electrons. The smallest absolute Gasteiger partial charge is 0.271 e. The van der Waals surface area contributed by atoms with E-state index in [0.29, 0.717) is 5.69 Å². The van der Waals surface area contributed by atoms with Crippen molar-refractivity contribution in [2.24, 2.45) is 17.5 Å². The summed E-state index contributed by atoms with van der Waals surface area (Å²) in [4.78, 5) is 40.5. The van der Waals surface area contributed by atoms with Crippen LogP contribution in [0.4, 0.5) is 5.69 Å². The molecule has 32 heavy (non-hydrogen) atoms. The summed E-state index contributed by atoms with van der Waals surface area (Å²) in [5.41, 5.74) is 6.46. The number of carbonyl (C=O) groups is 3. The molecule has 3 rings (SSSR count). The lowest BCUT2D eigenvalue weighted by Crippen LogP contribution is -2.45. The molecule has 1 heterocycles. The number of hydrazine groups is 1. The Hall–Kier alpha value is -3.58. The van der Waals surface area contributed by atoms with Gasteiger partial charge in [-0.15, -0.1) is 0 Å². The van der Waals surface area contributed by atoms with E-state index in [1.807, 2.05) is 6.07 Å². The number of nitrogens with zero attached hydrogens (tertiary/aromatic N) is 4. The van der Waals surface area contributed by atoms with Gasteiger partial charge in [-0.3, -0.25) is 14.4 Å². The van der Waals surface area contributed by atoms with Crippen molar-refractivity contribution in [2.45, 2.75) is 37.8 Å². The second-order valence-electron chi connectivity index (χ2n) is 8.26.